The van der Waals surface area contributed by atoms with Crippen molar-refractivity contribution in [3.05, 3.63) is 0 Å². The van der Waals surface area contributed by atoms with Gasteiger partial charge in [0, 0.05) is 0 Å². The fourth-order valence-corrected chi connectivity index (χ4v) is 2.12. The molecule has 0 aromatic rings. The number of hydrogen-bond donors (Lipinski definition) is 2. The second kappa shape index (κ2) is 7.84. The normalized spacial score (nSPS) is 16.7. The summed E-state index contributed by atoms with van der Waals surface area (Å²) in [6.45, 7) is 2.30. The largest absolute Gasteiger partial charge is 0.328 e. The van der Waals surface area contributed by atoms with E-state index in [1.54, 1.807) is 0 Å². The zero-order chi connectivity index (χ0) is 11.7. The van der Waals surface area contributed by atoms with E-state index >= 15 is 0 Å². The summed E-state index contributed by atoms with van der Waals surface area (Å²) in [7, 11) is -3.45. The van der Waals surface area contributed by atoms with E-state index in [0.29, 0.717) is 19.4 Å². The molecule has 0 amide bonds. The number of hydrogen-bond acceptors (Lipinski definition) is 4. The maximum Gasteiger partial charge on any atom is 0.328 e. The Bertz CT molecular complexity index is 252. The van der Waals surface area contributed by atoms with Gasteiger partial charge in [-0.25, -0.2) is 0 Å². The molecule has 0 aromatic carbocycles. The molecule has 2 atom stereocenters. The maximum atomic E-state index is 11.4. The molecule has 0 heterocycles. The van der Waals surface area contributed by atoms with Crippen molar-refractivity contribution in [2.24, 2.45) is 5.73 Å². The quantitative estimate of drug-likeness (QED) is 0.491. The number of nitriles is 1. The molecule has 2 unspecified atom stereocenters. The van der Waals surface area contributed by atoms with Gasteiger partial charge < -0.3 is 15.2 Å². The van der Waals surface area contributed by atoms with E-state index < -0.39 is 13.6 Å². The van der Waals surface area contributed by atoms with Gasteiger partial charge in [-0.3, -0.25) is 4.57 Å². The van der Waals surface area contributed by atoms with E-state index in [-0.39, 0.29) is 6.16 Å². The highest BCUT2D eigenvalue weighted by Gasteiger charge is 2.18. The molecule has 0 radical (unpaired) electrons. The first kappa shape index (κ1) is 14.6. The van der Waals surface area contributed by atoms with Gasteiger partial charge >= 0.3 is 7.60 Å². The number of nitrogens with zero attached hydrogens (tertiary/aromatic N) is 1. The van der Waals surface area contributed by atoms with Crippen molar-refractivity contribution in [3.8, 4) is 6.07 Å². The van der Waals surface area contributed by atoms with Gasteiger partial charge in [-0.1, -0.05) is 13.3 Å². The van der Waals surface area contributed by atoms with Crippen LogP contribution in [0.25, 0.3) is 0 Å². The first-order valence-electron chi connectivity index (χ1n) is 5.13. The summed E-state index contributed by atoms with van der Waals surface area (Å²) in [6, 6.07) is 1.31. The maximum absolute atomic E-state index is 11.4. The summed E-state index contributed by atoms with van der Waals surface area (Å²) in [5, 5.41) is 8.40. The standard InChI is InChI=1S/C9H19N2O3P/c1-2-3-6-14-15(12,13)7-4-5-9(11)8-10/h9H,2-7,11H2,1H3,(H,12,13). The number of unbranched alkanes of at least 4 members (excludes halogenated alkanes) is 1. The number of nitrogens with two attached hydrogens (primary N) is 1. The van der Waals surface area contributed by atoms with Crippen LogP contribution in [0.4, 0.5) is 0 Å². The van der Waals surface area contributed by atoms with Crippen LogP contribution < -0.4 is 5.73 Å². The highest BCUT2D eigenvalue weighted by Crippen LogP contribution is 2.42. The Morgan fingerprint density at radius 2 is 2.27 bits per heavy atom. The van der Waals surface area contributed by atoms with Gasteiger partial charge in [-0.2, -0.15) is 5.26 Å². The molecule has 0 saturated carbocycles. The minimum atomic E-state index is -3.45. The van der Waals surface area contributed by atoms with Crippen molar-refractivity contribution in [1.82, 2.24) is 0 Å². The van der Waals surface area contributed by atoms with Crippen LogP contribution in [0, 0.1) is 11.3 Å². The lowest BCUT2D eigenvalue weighted by Crippen LogP contribution is -2.17. The van der Waals surface area contributed by atoms with Crippen LogP contribution in [0.5, 0.6) is 0 Å². The third-order valence-electron chi connectivity index (χ3n) is 1.91. The molecule has 0 rings (SSSR count). The van der Waals surface area contributed by atoms with Crippen molar-refractivity contribution in [1.29, 1.82) is 5.26 Å². The molecule has 0 aliphatic carbocycles. The lowest BCUT2D eigenvalue weighted by Gasteiger charge is -2.11. The van der Waals surface area contributed by atoms with E-state index in [0.717, 1.165) is 12.8 Å². The summed E-state index contributed by atoms with van der Waals surface area (Å²) in [4.78, 5) is 9.34. The molecule has 0 aliphatic heterocycles. The van der Waals surface area contributed by atoms with Gasteiger partial charge in [0.25, 0.3) is 0 Å². The minimum Gasteiger partial charge on any atom is -0.324 e. The number of rotatable bonds is 8. The summed E-state index contributed by atoms with van der Waals surface area (Å²) in [6.07, 6.45) is 2.65. The van der Waals surface area contributed by atoms with Crippen molar-refractivity contribution >= 4 is 7.60 Å². The SMILES string of the molecule is CCCCOP(=O)(O)CCCC(N)C#N. The van der Waals surface area contributed by atoms with Crippen LogP contribution >= 0.6 is 7.60 Å². The summed E-state index contributed by atoms with van der Waals surface area (Å²) in [5.41, 5.74) is 5.35. The molecule has 0 aromatic heterocycles. The Kier molecular flexibility index (Phi) is 7.63. The minimum absolute atomic E-state index is 0.0755. The first-order chi connectivity index (χ1) is 7.02. The van der Waals surface area contributed by atoms with Crippen molar-refractivity contribution in [3.63, 3.8) is 0 Å². The molecule has 6 heteroatoms. The van der Waals surface area contributed by atoms with Gasteiger partial charge in [-0.05, 0) is 19.3 Å². The van der Waals surface area contributed by atoms with Crippen LogP contribution in [0.15, 0.2) is 0 Å². The van der Waals surface area contributed by atoms with Gasteiger partial charge in [0.2, 0.25) is 0 Å². The zero-order valence-corrected chi connectivity index (χ0v) is 9.95. The third-order valence-corrected chi connectivity index (χ3v) is 3.38. The summed E-state index contributed by atoms with van der Waals surface area (Å²) in [5.74, 6) is 0. The van der Waals surface area contributed by atoms with E-state index in [9.17, 15) is 9.46 Å². The molecule has 5 nitrogen and oxygen atoms in total. The molecule has 0 aliphatic rings. The summed E-state index contributed by atoms with van der Waals surface area (Å²) < 4.78 is 16.2. The highest BCUT2D eigenvalue weighted by molar-refractivity contribution is 7.52. The fourth-order valence-electron chi connectivity index (χ4n) is 0.992. The van der Waals surface area contributed by atoms with Crippen LogP contribution in [0.2, 0.25) is 0 Å². The van der Waals surface area contributed by atoms with Crippen molar-refractivity contribution in [2.75, 3.05) is 12.8 Å². The van der Waals surface area contributed by atoms with Gasteiger partial charge in [-0.15, -0.1) is 0 Å². The summed E-state index contributed by atoms with van der Waals surface area (Å²) >= 11 is 0. The molecule has 88 valence electrons. The average Bonchev–Trinajstić information content (AvgIpc) is 2.17. The molecule has 15 heavy (non-hydrogen) atoms. The lowest BCUT2D eigenvalue weighted by molar-refractivity contribution is 0.254. The molecular formula is C9H19N2O3P. The Morgan fingerprint density at radius 3 is 2.80 bits per heavy atom. The average molecular weight is 234 g/mol. The lowest BCUT2D eigenvalue weighted by atomic mass is 10.2. The Balaban J connectivity index is 3.65. The Labute approximate surface area is 90.8 Å². The van der Waals surface area contributed by atoms with Crippen molar-refractivity contribution < 1.29 is 14.0 Å². The van der Waals surface area contributed by atoms with Crippen LogP contribution in [0.3, 0.4) is 0 Å². The van der Waals surface area contributed by atoms with E-state index in [1.165, 1.54) is 0 Å². The molecular weight excluding hydrogens is 215 g/mol. The predicted octanol–water partition coefficient (Wildman–Crippen LogP) is 1.62. The second-order valence-corrected chi connectivity index (χ2v) is 5.41. The highest BCUT2D eigenvalue weighted by atomic mass is 31.2. The van der Waals surface area contributed by atoms with E-state index in [2.05, 4.69) is 0 Å². The van der Waals surface area contributed by atoms with Crippen LogP contribution in [0.1, 0.15) is 32.6 Å². The molecule has 0 bridgehead atoms. The third kappa shape index (κ3) is 8.59. The molecule has 3 N–H and O–H groups in total. The van der Waals surface area contributed by atoms with E-state index in [1.807, 2.05) is 13.0 Å². The van der Waals surface area contributed by atoms with Gasteiger partial charge in [0.05, 0.1) is 24.9 Å². The van der Waals surface area contributed by atoms with Crippen molar-refractivity contribution in [2.45, 2.75) is 38.6 Å². The first-order valence-corrected chi connectivity index (χ1v) is 6.89. The Hall–Kier alpha value is -0.400. The van der Waals surface area contributed by atoms with Gasteiger partial charge in [0.1, 0.15) is 0 Å². The predicted molar refractivity (Wildman–Crippen MR) is 58.4 cm³/mol. The van der Waals surface area contributed by atoms with Crippen LogP contribution in [-0.4, -0.2) is 23.7 Å². The van der Waals surface area contributed by atoms with Crippen LogP contribution in [-0.2, 0) is 9.09 Å². The smallest absolute Gasteiger partial charge is 0.324 e. The van der Waals surface area contributed by atoms with E-state index in [4.69, 9.17) is 15.5 Å². The fraction of sp³-hybridized carbons (Fsp3) is 0.889. The molecule has 0 saturated heterocycles. The second-order valence-electron chi connectivity index (χ2n) is 3.43. The molecule has 0 spiro atoms. The van der Waals surface area contributed by atoms with Gasteiger partial charge in [0.15, 0.2) is 0 Å². The zero-order valence-electron chi connectivity index (χ0n) is 9.06. The Morgan fingerprint density at radius 1 is 1.60 bits per heavy atom. The topological polar surface area (TPSA) is 96.3 Å². The molecule has 0 fully saturated rings. The monoisotopic (exact) mass is 234 g/mol.